The predicted octanol–water partition coefficient (Wildman–Crippen LogP) is 1.30. The van der Waals surface area contributed by atoms with E-state index in [4.69, 9.17) is 0 Å². The molecule has 0 aliphatic rings. The van der Waals surface area contributed by atoms with Gasteiger partial charge >= 0.3 is 0 Å². The highest BCUT2D eigenvalue weighted by molar-refractivity contribution is 7.99. The summed E-state index contributed by atoms with van der Waals surface area (Å²) >= 11 is 1.67. The van der Waals surface area contributed by atoms with E-state index in [1.54, 1.807) is 22.6 Å². The van der Waals surface area contributed by atoms with Crippen LogP contribution in [-0.4, -0.2) is 37.5 Å². The molecule has 2 aromatic rings. The van der Waals surface area contributed by atoms with Gasteiger partial charge in [0.1, 0.15) is 0 Å². The highest BCUT2D eigenvalue weighted by atomic mass is 35.5. The highest BCUT2D eigenvalue weighted by Crippen LogP contribution is 2.12. The minimum Gasteiger partial charge on any atom is -0.313 e. The van der Waals surface area contributed by atoms with Crippen LogP contribution in [0.15, 0.2) is 29.7 Å². The van der Waals surface area contributed by atoms with Gasteiger partial charge in [0.15, 0.2) is 0 Å². The first kappa shape index (κ1) is 15.9. The van der Waals surface area contributed by atoms with Crippen LogP contribution in [0.5, 0.6) is 0 Å². The first-order valence-corrected chi connectivity index (χ1v) is 6.79. The van der Waals surface area contributed by atoms with Gasteiger partial charge in [0.2, 0.25) is 5.16 Å². The zero-order valence-corrected chi connectivity index (χ0v) is 12.3. The van der Waals surface area contributed by atoms with Crippen molar-refractivity contribution in [3.05, 3.63) is 30.1 Å². The molecule has 1 N–H and O–H groups in total. The topological polar surface area (TPSA) is 68.5 Å². The predicted molar refractivity (Wildman–Crippen MR) is 77.3 cm³/mol. The Labute approximate surface area is 122 Å². The van der Waals surface area contributed by atoms with E-state index in [0.717, 1.165) is 30.4 Å². The fraction of sp³-hybridized carbons (Fsp3) is 0.455. The van der Waals surface area contributed by atoms with Gasteiger partial charge in [-0.3, -0.25) is 4.98 Å². The number of thioether (sulfide) groups is 1. The van der Waals surface area contributed by atoms with Crippen molar-refractivity contribution in [2.45, 2.75) is 18.1 Å². The molecule has 0 saturated heterocycles. The normalized spacial score (nSPS) is 10.2. The second kappa shape index (κ2) is 8.84. The average molecular weight is 301 g/mol. The molecular formula is C11H17ClN6S. The maximum atomic E-state index is 4.07. The molecule has 0 unspecified atom stereocenters. The SMILES string of the molecule is Cl.Cn1nnnc1SCCCNCc1cccnc1. The maximum Gasteiger partial charge on any atom is 0.209 e. The van der Waals surface area contributed by atoms with Gasteiger partial charge in [0.05, 0.1) is 0 Å². The van der Waals surface area contributed by atoms with Gasteiger partial charge in [-0.15, -0.1) is 17.5 Å². The zero-order chi connectivity index (χ0) is 12.6. The number of nitrogens with one attached hydrogen (secondary N) is 1. The van der Waals surface area contributed by atoms with Crippen LogP contribution >= 0.6 is 24.2 Å². The van der Waals surface area contributed by atoms with E-state index in [1.807, 2.05) is 19.3 Å². The summed E-state index contributed by atoms with van der Waals surface area (Å²) in [5, 5.41) is 15.5. The van der Waals surface area contributed by atoms with E-state index in [0.29, 0.717) is 0 Å². The summed E-state index contributed by atoms with van der Waals surface area (Å²) < 4.78 is 1.69. The summed E-state index contributed by atoms with van der Waals surface area (Å²) in [5.41, 5.74) is 1.21. The summed E-state index contributed by atoms with van der Waals surface area (Å²) in [4.78, 5) is 4.07. The van der Waals surface area contributed by atoms with Crippen molar-refractivity contribution in [2.24, 2.45) is 7.05 Å². The molecule has 2 rings (SSSR count). The molecule has 0 amide bonds. The molecule has 0 spiro atoms. The van der Waals surface area contributed by atoms with Gasteiger partial charge in [-0.05, 0) is 35.0 Å². The van der Waals surface area contributed by atoms with Gasteiger partial charge in [-0.1, -0.05) is 17.8 Å². The Balaban J connectivity index is 0.00000180. The molecule has 0 radical (unpaired) electrons. The van der Waals surface area contributed by atoms with Crippen LogP contribution in [0.4, 0.5) is 0 Å². The van der Waals surface area contributed by atoms with Crippen molar-refractivity contribution in [2.75, 3.05) is 12.3 Å². The Morgan fingerprint density at radius 2 is 2.32 bits per heavy atom. The molecule has 8 heteroatoms. The first-order valence-electron chi connectivity index (χ1n) is 5.81. The quantitative estimate of drug-likeness (QED) is 0.614. The number of aromatic nitrogens is 5. The van der Waals surface area contributed by atoms with Crippen LogP contribution in [0, 0.1) is 0 Å². The van der Waals surface area contributed by atoms with Gasteiger partial charge in [-0.25, -0.2) is 4.68 Å². The number of pyridine rings is 1. The summed E-state index contributed by atoms with van der Waals surface area (Å²) in [6, 6.07) is 4.02. The zero-order valence-electron chi connectivity index (χ0n) is 10.7. The van der Waals surface area contributed by atoms with Crippen molar-refractivity contribution in [3.63, 3.8) is 0 Å². The van der Waals surface area contributed by atoms with Crippen LogP contribution in [0.2, 0.25) is 0 Å². The second-order valence-electron chi connectivity index (χ2n) is 3.83. The number of halogens is 1. The van der Waals surface area contributed by atoms with Gasteiger partial charge < -0.3 is 5.32 Å². The molecule has 0 aromatic carbocycles. The number of hydrogen-bond donors (Lipinski definition) is 1. The lowest BCUT2D eigenvalue weighted by atomic mass is 10.3. The summed E-state index contributed by atoms with van der Waals surface area (Å²) in [5.74, 6) is 1.01. The van der Waals surface area contributed by atoms with E-state index >= 15 is 0 Å². The van der Waals surface area contributed by atoms with Crippen LogP contribution in [-0.2, 0) is 13.6 Å². The van der Waals surface area contributed by atoms with E-state index in [9.17, 15) is 0 Å². The fourth-order valence-electron chi connectivity index (χ4n) is 1.44. The van der Waals surface area contributed by atoms with Crippen molar-refractivity contribution < 1.29 is 0 Å². The first-order chi connectivity index (χ1) is 8.86. The molecule has 0 aliphatic carbocycles. The molecule has 6 nitrogen and oxygen atoms in total. The molecule has 0 fully saturated rings. The second-order valence-corrected chi connectivity index (χ2v) is 4.89. The number of aryl methyl sites for hydroxylation is 1. The summed E-state index contributed by atoms with van der Waals surface area (Å²) in [6.45, 7) is 1.84. The Hall–Kier alpha value is -1.18. The molecule has 0 atom stereocenters. The molecule has 2 aromatic heterocycles. The van der Waals surface area contributed by atoms with Crippen molar-refractivity contribution in [1.82, 2.24) is 30.5 Å². The molecule has 0 aliphatic heterocycles. The Bertz CT molecular complexity index is 463. The van der Waals surface area contributed by atoms with Crippen LogP contribution in [0.3, 0.4) is 0 Å². The van der Waals surface area contributed by atoms with Gasteiger partial charge in [-0.2, -0.15) is 0 Å². The van der Waals surface area contributed by atoms with E-state index in [-0.39, 0.29) is 12.4 Å². The Morgan fingerprint density at radius 1 is 1.42 bits per heavy atom. The molecule has 19 heavy (non-hydrogen) atoms. The lowest BCUT2D eigenvalue weighted by Gasteiger charge is -2.03. The minimum atomic E-state index is 0. The fourth-order valence-corrected chi connectivity index (χ4v) is 2.23. The number of rotatable bonds is 7. The monoisotopic (exact) mass is 300 g/mol. The van der Waals surface area contributed by atoms with Crippen LogP contribution in [0.25, 0.3) is 0 Å². The molecular weight excluding hydrogens is 284 g/mol. The minimum absolute atomic E-state index is 0. The van der Waals surface area contributed by atoms with Crippen LogP contribution < -0.4 is 5.32 Å². The smallest absolute Gasteiger partial charge is 0.209 e. The third-order valence-electron chi connectivity index (χ3n) is 2.36. The summed E-state index contributed by atoms with van der Waals surface area (Å²) in [7, 11) is 1.85. The standard InChI is InChI=1S/C11H16N6S.ClH/c1-17-11(14-15-16-17)18-7-3-6-13-9-10-4-2-5-12-8-10;/h2,4-5,8,13H,3,6-7,9H2,1H3;1H. The lowest BCUT2D eigenvalue weighted by Crippen LogP contribution is -2.15. The molecule has 0 saturated carbocycles. The third-order valence-corrected chi connectivity index (χ3v) is 3.46. The highest BCUT2D eigenvalue weighted by Gasteiger charge is 2.01. The number of hydrogen-bond acceptors (Lipinski definition) is 6. The maximum absolute atomic E-state index is 4.07. The average Bonchev–Trinajstić information content (AvgIpc) is 2.81. The van der Waals surface area contributed by atoms with E-state index in [1.165, 1.54) is 5.56 Å². The Kier molecular flexibility index (Phi) is 7.39. The van der Waals surface area contributed by atoms with E-state index in [2.05, 4.69) is 31.9 Å². The summed E-state index contributed by atoms with van der Waals surface area (Å²) in [6.07, 6.45) is 4.75. The van der Waals surface area contributed by atoms with Crippen molar-refractivity contribution >= 4 is 24.2 Å². The lowest BCUT2D eigenvalue weighted by molar-refractivity contribution is 0.660. The number of tetrazole rings is 1. The van der Waals surface area contributed by atoms with Gasteiger partial charge in [0, 0.05) is 31.7 Å². The van der Waals surface area contributed by atoms with Crippen molar-refractivity contribution in [1.29, 1.82) is 0 Å². The number of nitrogens with zero attached hydrogens (tertiary/aromatic N) is 5. The molecule has 0 bridgehead atoms. The van der Waals surface area contributed by atoms with Crippen molar-refractivity contribution in [3.8, 4) is 0 Å². The van der Waals surface area contributed by atoms with Crippen LogP contribution in [0.1, 0.15) is 12.0 Å². The molecule has 104 valence electrons. The largest absolute Gasteiger partial charge is 0.313 e. The third kappa shape index (κ3) is 5.54. The molecule has 2 heterocycles. The Morgan fingerprint density at radius 3 is 3.00 bits per heavy atom. The van der Waals surface area contributed by atoms with Gasteiger partial charge in [0.25, 0.3) is 0 Å². The van der Waals surface area contributed by atoms with E-state index < -0.39 is 0 Å².